The van der Waals surface area contributed by atoms with Crippen LogP contribution < -0.4 is 0 Å². The summed E-state index contributed by atoms with van der Waals surface area (Å²) >= 11 is 3.97. The number of allylic oxidation sites excluding steroid dienone is 1. The zero-order chi connectivity index (χ0) is 26.9. The van der Waals surface area contributed by atoms with E-state index in [1.165, 1.54) is 10.1 Å². The predicted molar refractivity (Wildman–Crippen MR) is 156 cm³/mol. The third-order valence-corrected chi connectivity index (χ3v) is 14.6. The molecule has 0 saturated carbocycles. The molecule has 0 spiro atoms. The molecule has 0 aromatic heterocycles. The molecule has 0 aliphatic heterocycles. The Balaban J connectivity index is 2.29. The maximum atomic E-state index is 12.9. The van der Waals surface area contributed by atoms with Crippen molar-refractivity contribution in [2.24, 2.45) is 5.41 Å². The molecule has 1 aliphatic rings. The fourth-order valence-corrected chi connectivity index (χ4v) is 6.81. The summed E-state index contributed by atoms with van der Waals surface area (Å²) < 4.78 is 15.6. The molecule has 0 radical (unpaired) electrons. The minimum atomic E-state index is -2.27. The first kappa shape index (κ1) is 29.0. The maximum absolute atomic E-state index is 12.9. The van der Waals surface area contributed by atoms with Gasteiger partial charge in [-0.1, -0.05) is 111 Å². The number of Topliss-reactive ketones (excluding diaryl/α,β-unsaturated/α-hetero) is 1. The summed E-state index contributed by atoms with van der Waals surface area (Å²) in [5.41, 5.74) is 3.02. The van der Waals surface area contributed by atoms with E-state index in [2.05, 4.69) is 88.8 Å². The summed E-state index contributed by atoms with van der Waals surface area (Å²) in [7, 11) is -2.27. The normalized spacial score (nSPS) is 21.4. The van der Waals surface area contributed by atoms with Gasteiger partial charge in [0.2, 0.25) is 0 Å². The van der Waals surface area contributed by atoms with Crippen LogP contribution in [0.1, 0.15) is 88.9 Å². The number of hydrogen-bond donors (Lipinski definition) is 0. The lowest BCUT2D eigenvalue weighted by Gasteiger charge is -2.56. The van der Waals surface area contributed by atoms with Gasteiger partial charge in [-0.2, -0.15) is 0 Å². The van der Waals surface area contributed by atoms with Gasteiger partial charge >= 0.3 is 0 Å². The van der Waals surface area contributed by atoms with Crippen molar-refractivity contribution in [3.8, 4) is 0 Å². The minimum absolute atomic E-state index is 0.00116. The SMILES string of the molecule is CC(=O)c1ccccc1[C@H](O[Si](C)(C)C(C)(C)C)[C@]1(OCc2ccccc2)CCC(C)=C(Br)C1(C)C. The molecule has 3 nitrogen and oxygen atoms in total. The van der Waals surface area contributed by atoms with Crippen LogP contribution in [0.25, 0.3) is 0 Å². The predicted octanol–water partition coefficient (Wildman–Crippen LogP) is 9.40. The quantitative estimate of drug-likeness (QED) is 0.234. The Morgan fingerprint density at radius 1 is 1.06 bits per heavy atom. The van der Waals surface area contributed by atoms with Crippen LogP contribution in [0, 0.1) is 5.41 Å². The molecule has 0 heterocycles. The molecule has 2 aromatic rings. The lowest BCUT2D eigenvalue weighted by atomic mass is 9.63. The highest BCUT2D eigenvalue weighted by Crippen LogP contribution is 2.59. The van der Waals surface area contributed by atoms with Gasteiger partial charge in [-0.05, 0) is 55.9 Å². The largest absolute Gasteiger partial charge is 0.407 e. The van der Waals surface area contributed by atoms with E-state index in [0.717, 1.165) is 24.0 Å². The highest BCUT2D eigenvalue weighted by atomic mass is 79.9. The van der Waals surface area contributed by atoms with Crippen molar-refractivity contribution in [2.75, 3.05) is 0 Å². The first-order chi connectivity index (χ1) is 16.6. The van der Waals surface area contributed by atoms with Crippen LogP contribution in [0.4, 0.5) is 0 Å². The molecular weight excluding hydrogens is 528 g/mol. The van der Waals surface area contributed by atoms with Gasteiger partial charge < -0.3 is 9.16 Å². The molecule has 0 amide bonds. The molecule has 0 bridgehead atoms. The molecule has 2 aromatic carbocycles. The zero-order valence-electron chi connectivity index (χ0n) is 23.5. The van der Waals surface area contributed by atoms with Crippen molar-refractivity contribution in [2.45, 2.75) is 97.8 Å². The van der Waals surface area contributed by atoms with Crippen LogP contribution in [0.15, 0.2) is 64.7 Å². The van der Waals surface area contributed by atoms with Gasteiger partial charge in [-0.3, -0.25) is 4.79 Å². The van der Waals surface area contributed by atoms with Crippen molar-refractivity contribution in [3.05, 3.63) is 81.3 Å². The third kappa shape index (κ3) is 5.50. The van der Waals surface area contributed by atoms with Crippen LogP contribution in [0.5, 0.6) is 0 Å². The molecule has 36 heavy (non-hydrogen) atoms. The third-order valence-electron chi connectivity index (χ3n) is 8.46. The number of hydrogen-bond acceptors (Lipinski definition) is 3. The van der Waals surface area contributed by atoms with Crippen molar-refractivity contribution in [1.82, 2.24) is 0 Å². The van der Waals surface area contributed by atoms with Crippen molar-refractivity contribution >= 4 is 30.0 Å². The number of carbonyl (C=O) groups excluding carboxylic acids is 1. The van der Waals surface area contributed by atoms with Crippen LogP contribution >= 0.6 is 15.9 Å². The summed E-state index contributed by atoms with van der Waals surface area (Å²) in [5, 5.41) is -0.00116. The Morgan fingerprint density at radius 2 is 1.64 bits per heavy atom. The van der Waals surface area contributed by atoms with Gasteiger partial charge in [0.15, 0.2) is 14.1 Å². The van der Waals surface area contributed by atoms with Gasteiger partial charge in [-0.15, -0.1) is 0 Å². The second kappa shape index (κ2) is 10.7. The lowest BCUT2D eigenvalue weighted by Crippen LogP contribution is -2.57. The maximum Gasteiger partial charge on any atom is 0.193 e. The number of carbonyl (C=O) groups is 1. The Morgan fingerprint density at radius 3 is 2.22 bits per heavy atom. The minimum Gasteiger partial charge on any atom is -0.407 e. The monoisotopic (exact) mass is 570 g/mol. The number of rotatable bonds is 8. The van der Waals surface area contributed by atoms with Crippen LogP contribution in [-0.2, 0) is 15.8 Å². The molecule has 3 rings (SSSR count). The molecule has 0 unspecified atom stereocenters. The molecule has 2 atom stereocenters. The highest BCUT2D eigenvalue weighted by Gasteiger charge is 2.58. The molecule has 1 aliphatic carbocycles. The van der Waals surface area contributed by atoms with Crippen molar-refractivity contribution < 1.29 is 14.0 Å². The van der Waals surface area contributed by atoms with Crippen molar-refractivity contribution in [1.29, 1.82) is 0 Å². The van der Waals surface area contributed by atoms with Gasteiger partial charge in [0, 0.05) is 15.5 Å². The summed E-state index contributed by atoms with van der Waals surface area (Å²) in [6.07, 6.45) is 1.30. The van der Waals surface area contributed by atoms with E-state index in [1.54, 1.807) is 6.92 Å². The standard InChI is InChI=1S/C31H43BrO3Si/c1-22-19-20-31(30(6,7)27(22)32,34-21-24-15-11-10-12-16-24)28(35-36(8,9)29(3,4)5)26-18-14-13-17-25(26)23(2)33/h10-18,28H,19-21H2,1-9H3/t28-,31+/m0/s1. The van der Waals surface area contributed by atoms with Crippen LogP contribution in [0.3, 0.4) is 0 Å². The van der Waals surface area contributed by atoms with Gasteiger partial charge in [0.1, 0.15) is 11.7 Å². The molecule has 196 valence electrons. The van der Waals surface area contributed by atoms with Gasteiger partial charge in [0.25, 0.3) is 0 Å². The number of ketones is 1. The smallest absolute Gasteiger partial charge is 0.193 e. The van der Waals surface area contributed by atoms with Gasteiger partial charge in [-0.25, -0.2) is 0 Å². The van der Waals surface area contributed by atoms with E-state index < -0.39 is 20.0 Å². The summed E-state index contributed by atoms with van der Waals surface area (Å²) in [4.78, 5) is 12.9. The lowest BCUT2D eigenvalue weighted by molar-refractivity contribution is -0.186. The number of benzene rings is 2. The Labute approximate surface area is 227 Å². The highest BCUT2D eigenvalue weighted by molar-refractivity contribution is 9.11. The fourth-order valence-electron chi connectivity index (χ4n) is 5.02. The zero-order valence-corrected chi connectivity index (χ0v) is 26.1. The van der Waals surface area contributed by atoms with E-state index in [-0.39, 0.29) is 16.2 Å². The van der Waals surface area contributed by atoms with E-state index in [9.17, 15) is 4.79 Å². The molecule has 0 saturated heterocycles. The van der Waals surface area contributed by atoms with Crippen LogP contribution in [0.2, 0.25) is 18.1 Å². The molecular formula is C31H43BrO3Si. The van der Waals surface area contributed by atoms with E-state index >= 15 is 0 Å². The Hall–Kier alpha value is -1.53. The van der Waals surface area contributed by atoms with Gasteiger partial charge in [0.05, 0.1) is 6.61 Å². The number of halogens is 1. The Bertz CT molecular complexity index is 1110. The first-order valence-corrected chi connectivity index (χ1v) is 16.7. The second-order valence-corrected chi connectivity index (χ2v) is 17.8. The van der Waals surface area contributed by atoms with Crippen LogP contribution in [-0.4, -0.2) is 19.7 Å². The molecule has 0 fully saturated rings. The number of ether oxygens (including phenoxy) is 1. The topological polar surface area (TPSA) is 35.5 Å². The van der Waals surface area contributed by atoms with E-state index in [0.29, 0.717) is 12.2 Å². The van der Waals surface area contributed by atoms with E-state index in [1.807, 2.05) is 36.4 Å². The summed E-state index contributed by atoms with van der Waals surface area (Å²) in [5.74, 6) is 0.0482. The molecule has 0 N–H and O–H groups in total. The molecule has 5 heteroatoms. The summed E-state index contributed by atoms with van der Waals surface area (Å²) in [6, 6.07) is 18.3. The average molecular weight is 572 g/mol. The second-order valence-electron chi connectivity index (χ2n) is 12.3. The first-order valence-electron chi connectivity index (χ1n) is 13.0. The van der Waals surface area contributed by atoms with Crippen molar-refractivity contribution in [3.63, 3.8) is 0 Å². The van der Waals surface area contributed by atoms with E-state index in [4.69, 9.17) is 9.16 Å². The average Bonchev–Trinajstić information content (AvgIpc) is 2.81. The Kier molecular flexibility index (Phi) is 8.61. The fraction of sp³-hybridized carbons (Fsp3) is 0.516. The summed E-state index contributed by atoms with van der Waals surface area (Å²) in [6.45, 7) is 20.2.